The standard InChI is InChI=1S/C18H27FN4.HI/c1-3-4-5-11-21-18(20-2)22-16-9-12-23(13-10-16)17-8-6-7-15(19)14-17;/h3-4,6-8,14,16H,5,9-13H2,1-2H3,(H2,20,21,22);1H/b4-3+;. The number of benzene rings is 1. The molecule has 0 aromatic heterocycles. The largest absolute Gasteiger partial charge is 0.371 e. The van der Waals surface area contributed by atoms with E-state index in [0.29, 0.717) is 6.04 Å². The van der Waals surface area contributed by atoms with E-state index in [-0.39, 0.29) is 29.8 Å². The molecule has 1 heterocycles. The Balaban J connectivity index is 0.00000288. The van der Waals surface area contributed by atoms with Crippen LogP contribution in [0.2, 0.25) is 0 Å². The molecule has 6 heteroatoms. The zero-order valence-corrected chi connectivity index (χ0v) is 16.8. The van der Waals surface area contributed by atoms with E-state index in [0.717, 1.165) is 50.5 Å². The fourth-order valence-electron chi connectivity index (χ4n) is 2.78. The van der Waals surface area contributed by atoms with Gasteiger partial charge in [0.25, 0.3) is 0 Å². The molecule has 2 N–H and O–H groups in total. The van der Waals surface area contributed by atoms with E-state index in [9.17, 15) is 4.39 Å². The van der Waals surface area contributed by atoms with Gasteiger partial charge >= 0.3 is 0 Å². The van der Waals surface area contributed by atoms with Crippen LogP contribution in [0, 0.1) is 5.82 Å². The van der Waals surface area contributed by atoms with Gasteiger partial charge < -0.3 is 15.5 Å². The number of piperidine rings is 1. The van der Waals surface area contributed by atoms with E-state index in [1.807, 2.05) is 13.0 Å². The number of aliphatic imine (C=N–C) groups is 1. The van der Waals surface area contributed by atoms with Crippen molar-refractivity contribution in [2.45, 2.75) is 32.2 Å². The summed E-state index contributed by atoms with van der Waals surface area (Å²) in [6.45, 7) is 4.76. The third-order valence-corrected chi connectivity index (χ3v) is 4.07. The Labute approximate surface area is 161 Å². The smallest absolute Gasteiger partial charge is 0.191 e. The van der Waals surface area contributed by atoms with Crippen molar-refractivity contribution in [3.8, 4) is 0 Å². The molecule has 0 radical (unpaired) electrons. The maximum Gasteiger partial charge on any atom is 0.191 e. The predicted octanol–water partition coefficient (Wildman–Crippen LogP) is 3.54. The van der Waals surface area contributed by atoms with Crippen molar-refractivity contribution in [2.75, 3.05) is 31.6 Å². The Hall–Kier alpha value is -1.31. The molecule has 0 amide bonds. The van der Waals surface area contributed by atoms with Gasteiger partial charge in [0.2, 0.25) is 0 Å². The highest BCUT2D eigenvalue weighted by Crippen LogP contribution is 2.20. The third kappa shape index (κ3) is 6.67. The summed E-state index contributed by atoms with van der Waals surface area (Å²) in [6, 6.07) is 7.24. The molecule has 0 spiro atoms. The number of guanidine groups is 1. The molecule has 24 heavy (non-hydrogen) atoms. The second-order valence-corrected chi connectivity index (χ2v) is 5.74. The lowest BCUT2D eigenvalue weighted by atomic mass is 10.0. The molecule has 0 bridgehead atoms. The number of nitrogens with zero attached hydrogens (tertiary/aromatic N) is 2. The van der Waals surface area contributed by atoms with Crippen LogP contribution in [0.15, 0.2) is 41.4 Å². The van der Waals surface area contributed by atoms with Crippen LogP contribution >= 0.6 is 24.0 Å². The first-order valence-corrected chi connectivity index (χ1v) is 8.31. The molecule has 1 saturated heterocycles. The summed E-state index contributed by atoms with van der Waals surface area (Å²) >= 11 is 0. The van der Waals surface area contributed by atoms with Crippen LogP contribution in [0.4, 0.5) is 10.1 Å². The summed E-state index contributed by atoms with van der Waals surface area (Å²) in [6.07, 6.45) is 7.23. The van der Waals surface area contributed by atoms with Crippen LogP contribution in [-0.4, -0.2) is 38.7 Å². The van der Waals surface area contributed by atoms with Crippen molar-refractivity contribution in [3.05, 3.63) is 42.2 Å². The van der Waals surface area contributed by atoms with Gasteiger partial charge in [-0.25, -0.2) is 4.39 Å². The fourth-order valence-corrected chi connectivity index (χ4v) is 2.78. The lowest BCUT2D eigenvalue weighted by Crippen LogP contribution is -2.48. The third-order valence-electron chi connectivity index (χ3n) is 4.07. The monoisotopic (exact) mass is 446 g/mol. The van der Waals surface area contributed by atoms with Crippen molar-refractivity contribution in [3.63, 3.8) is 0 Å². The Morgan fingerprint density at radius 2 is 2.12 bits per heavy atom. The zero-order valence-electron chi connectivity index (χ0n) is 14.5. The lowest BCUT2D eigenvalue weighted by Gasteiger charge is -2.34. The first kappa shape index (κ1) is 20.7. The van der Waals surface area contributed by atoms with E-state index < -0.39 is 0 Å². The highest BCUT2D eigenvalue weighted by atomic mass is 127. The Bertz CT molecular complexity index is 540. The van der Waals surface area contributed by atoms with E-state index >= 15 is 0 Å². The van der Waals surface area contributed by atoms with Crippen LogP contribution in [0.1, 0.15) is 26.2 Å². The Kier molecular flexibility index (Phi) is 9.75. The van der Waals surface area contributed by atoms with E-state index in [4.69, 9.17) is 0 Å². The second-order valence-electron chi connectivity index (χ2n) is 5.74. The number of rotatable bonds is 5. The van der Waals surface area contributed by atoms with Crippen LogP contribution in [0.5, 0.6) is 0 Å². The molecule has 1 aromatic rings. The Morgan fingerprint density at radius 1 is 1.38 bits per heavy atom. The number of nitrogens with one attached hydrogen (secondary N) is 2. The van der Waals surface area contributed by atoms with Crippen molar-refractivity contribution in [1.29, 1.82) is 0 Å². The van der Waals surface area contributed by atoms with Gasteiger partial charge in [-0.1, -0.05) is 18.2 Å². The fraction of sp³-hybridized carbons (Fsp3) is 0.500. The molecule has 0 aliphatic carbocycles. The van der Waals surface area contributed by atoms with E-state index in [1.165, 1.54) is 6.07 Å². The van der Waals surface area contributed by atoms with Crippen molar-refractivity contribution in [2.24, 2.45) is 4.99 Å². The summed E-state index contributed by atoms with van der Waals surface area (Å²) in [5.74, 6) is 0.687. The summed E-state index contributed by atoms with van der Waals surface area (Å²) in [5, 5.41) is 6.81. The summed E-state index contributed by atoms with van der Waals surface area (Å²) in [5.41, 5.74) is 0.970. The highest BCUT2D eigenvalue weighted by Gasteiger charge is 2.20. The van der Waals surface area contributed by atoms with Gasteiger partial charge in [0.05, 0.1) is 0 Å². The summed E-state index contributed by atoms with van der Waals surface area (Å²) in [7, 11) is 1.80. The van der Waals surface area contributed by atoms with Crippen LogP contribution < -0.4 is 15.5 Å². The summed E-state index contributed by atoms with van der Waals surface area (Å²) in [4.78, 5) is 6.52. The molecular weight excluding hydrogens is 418 g/mol. The minimum absolute atomic E-state index is 0. The topological polar surface area (TPSA) is 39.7 Å². The van der Waals surface area contributed by atoms with Crippen LogP contribution in [0.3, 0.4) is 0 Å². The minimum Gasteiger partial charge on any atom is -0.371 e. The zero-order chi connectivity index (χ0) is 16.5. The molecule has 0 atom stereocenters. The van der Waals surface area contributed by atoms with Crippen molar-refractivity contribution < 1.29 is 4.39 Å². The molecule has 1 aliphatic rings. The molecule has 1 aromatic carbocycles. The van der Waals surface area contributed by atoms with E-state index in [1.54, 1.807) is 19.2 Å². The summed E-state index contributed by atoms with van der Waals surface area (Å²) < 4.78 is 13.3. The van der Waals surface area contributed by atoms with Gasteiger partial charge in [0.15, 0.2) is 5.96 Å². The first-order chi connectivity index (χ1) is 11.2. The normalized spacial score (nSPS) is 16.1. The maximum absolute atomic E-state index is 13.3. The number of hydrogen-bond donors (Lipinski definition) is 2. The van der Waals surface area contributed by atoms with E-state index in [2.05, 4.69) is 32.7 Å². The SMILES string of the molecule is C/C=C/CCNC(=NC)NC1CCN(c2cccc(F)c2)CC1.I. The van der Waals surface area contributed by atoms with Crippen molar-refractivity contribution in [1.82, 2.24) is 10.6 Å². The average Bonchev–Trinajstić information content (AvgIpc) is 2.58. The molecule has 2 rings (SSSR count). The van der Waals surface area contributed by atoms with Gasteiger partial charge in [-0.05, 0) is 44.4 Å². The second kappa shape index (κ2) is 11.3. The van der Waals surface area contributed by atoms with Gasteiger partial charge in [0.1, 0.15) is 5.82 Å². The molecule has 4 nitrogen and oxygen atoms in total. The molecule has 0 saturated carbocycles. The molecular formula is C18H28FIN4. The van der Waals surface area contributed by atoms with Gasteiger partial charge in [-0.3, -0.25) is 4.99 Å². The molecule has 1 fully saturated rings. The number of allylic oxidation sites excluding steroid dienone is 1. The lowest BCUT2D eigenvalue weighted by molar-refractivity contribution is 0.461. The number of hydrogen-bond acceptors (Lipinski definition) is 2. The quantitative estimate of drug-likeness (QED) is 0.239. The number of anilines is 1. The predicted molar refractivity (Wildman–Crippen MR) is 111 cm³/mol. The van der Waals surface area contributed by atoms with Gasteiger partial charge in [-0.15, -0.1) is 24.0 Å². The van der Waals surface area contributed by atoms with Crippen molar-refractivity contribution >= 4 is 35.6 Å². The minimum atomic E-state index is -0.173. The maximum atomic E-state index is 13.3. The van der Waals surface area contributed by atoms with Gasteiger partial charge in [0, 0.05) is 38.4 Å². The molecule has 134 valence electrons. The van der Waals surface area contributed by atoms with Crippen LogP contribution in [-0.2, 0) is 0 Å². The average molecular weight is 446 g/mol. The Morgan fingerprint density at radius 3 is 2.75 bits per heavy atom. The molecule has 1 aliphatic heterocycles. The highest BCUT2D eigenvalue weighted by molar-refractivity contribution is 14.0. The molecule has 0 unspecified atom stereocenters. The number of halogens is 2. The van der Waals surface area contributed by atoms with Crippen LogP contribution in [0.25, 0.3) is 0 Å². The first-order valence-electron chi connectivity index (χ1n) is 8.31. The van der Waals surface area contributed by atoms with Gasteiger partial charge in [-0.2, -0.15) is 0 Å².